The predicted molar refractivity (Wildman–Crippen MR) is 68.4 cm³/mol. The van der Waals surface area contributed by atoms with Crippen LogP contribution in [0.2, 0.25) is 0 Å². The van der Waals surface area contributed by atoms with E-state index in [4.69, 9.17) is 0 Å². The summed E-state index contributed by atoms with van der Waals surface area (Å²) in [4.78, 5) is 0.459. The lowest BCUT2D eigenvalue weighted by Gasteiger charge is -2.22. The summed E-state index contributed by atoms with van der Waals surface area (Å²) in [5.41, 5.74) is 0.828. The summed E-state index contributed by atoms with van der Waals surface area (Å²) in [6.45, 7) is 4.49. The van der Waals surface area contributed by atoms with Gasteiger partial charge in [0.2, 0.25) is 10.0 Å². The molecule has 0 spiro atoms. The lowest BCUT2D eigenvalue weighted by molar-refractivity contribution is 0.403. The zero-order valence-electron chi connectivity index (χ0n) is 10.4. The van der Waals surface area contributed by atoms with Gasteiger partial charge in [-0.15, -0.1) is 0 Å². The van der Waals surface area contributed by atoms with Crippen molar-refractivity contribution in [2.24, 2.45) is 0 Å². The van der Waals surface area contributed by atoms with Crippen LogP contribution in [-0.4, -0.2) is 25.3 Å². The summed E-state index contributed by atoms with van der Waals surface area (Å²) in [6, 6.07) is 7.45. The van der Waals surface area contributed by atoms with Crippen LogP contribution in [-0.2, 0) is 10.0 Å². The largest absolute Gasteiger partial charge is 0.243 e. The van der Waals surface area contributed by atoms with E-state index >= 15 is 0 Å². The van der Waals surface area contributed by atoms with Gasteiger partial charge in [-0.25, -0.2) is 8.42 Å². The molecule has 17 heavy (non-hydrogen) atoms. The molecule has 2 rings (SSSR count). The van der Waals surface area contributed by atoms with Gasteiger partial charge in [0, 0.05) is 12.6 Å². The van der Waals surface area contributed by atoms with Crippen LogP contribution in [0.1, 0.15) is 31.7 Å². The Bertz CT molecular complexity index is 492. The summed E-state index contributed by atoms with van der Waals surface area (Å²) >= 11 is 0. The fourth-order valence-corrected chi connectivity index (χ4v) is 4.06. The lowest BCUT2D eigenvalue weighted by Crippen LogP contribution is -2.34. The van der Waals surface area contributed by atoms with Gasteiger partial charge in [-0.1, -0.05) is 25.1 Å². The highest BCUT2D eigenvalue weighted by Crippen LogP contribution is 2.32. The second-order valence-electron chi connectivity index (χ2n) is 4.61. The maximum Gasteiger partial charge on any atom is 0.243 e. The van der Waals surface area contributed by atoms with Gasteiger partial charge in [0.1, 0.15) is 0 Å². The van der Waals surface area contributed by atoms with Gasteiger partial charge in [0.15, 0.2) is 0 Å². The van der Waals surface area contributed by atoms with E-state index in [-0.39, 0.29) is 6.04 Å². The SMILES string of the molecule is CCCN(C1CC1)S(=O)(=O)c1ccccc1C. The molecule has 3 nitrogen and oxygen atoms in total. The van der Waals surface area contributed by atoms with E-state index in [9.17, 15) is 8.42 Å². The molecule has 1 aliphatic carbocycles. The van der Waals surface area contributed by atoms with Crippen molar-refractivity contribution >= 4 is 10.0 Å². The molecule has 0 heterocycles. The van der Waals surface area contributed by atoms with Crippen LogP contribution in [0.25, 0.3) is 0 Å². The van der Waals surface area contributed by atoms with Crippen molar-refractivity contribution in [2.45, 2.75) is 44.0 Å². The quantitative estimate of drug-likeness (QED) is 0.808. The summed E-state index contributed by atoms with van der Waals surface area (Å²) < 4.78 is 26.8. The molecule has 0 N–H and O–H groups in total. The topological polar surface area (TPSA) is 37.4 Å². The van der Waals surface area contributed by atoms with Crippen molar-refractivity contribution in [3.05, 3.63) is 29.8 Å². The molecular weight excluding hydrogens is 234 g/mol. The molecule has 94 valence electrons. The molecule has 0 amide bonds. The van der Waals surface area contributed by atoms with E-state index in [1.807, 2.05) is 26.0 Å². The zero-order chi connectivity index (χ0) is 12.5. The van der Waals surface area contributed by atoms with Crippen molar-refractivity contribution < 1.29 is 8.42 Å². The van der Waals surface area contributed by atoms with E-state index in [2.05, 4.69) is 0 Å². The molecule has 1 aliphatic rings. The Labute approximate surface area is 104 Å². The van der Waals surface area contributed by atoms with Gasteiger partial charge >= 0.3 is 0 Å². The minimum atomic E-state index is -3.30. The van der Waals surface area contributed by atoms with Crippen LogP contribution in [0.4, 0.5) is 0 Å². The molecule has 0 aromatic heterocycles. The van der Waals surface area contributed by atoms with Gasteiger partial charge in [-0.3, -0.25) is 0 Å². The van der Waals surface area contributed by atoms with Crippen LogP contribution in [0.15, 0.2) is 29.2 Å². The van der Waals surface area contributed by atoms with Crippen molar-refractivity contribution in [1.82, 2.24) is 4.31 Å². The first-order chi connectivity index (χ1) is 8.07. The Morgan fingerprint density at radius 3 is 2.47 bits per heavy atom. The van der Waals surface area contributed by atoms with Crippen LogP contribution >= 0.6 is 0 Å². The van der Waals surface area contributed by atoms with Crippen molar-refractivity contribution in [2.75, 3.05) is 6.54 Å². The molecule has 0 aliphatic heterocycles. The molecule has 0 saturated heterocycles. The van der Waals surface area contributed by atoms with Gasteiger partial charge in [-0.05, 0) is 37.8 Å². The monoisotopic (exact) mass is 253 g/mol. The number of hydrogen-bond acceptors (Lipinski definition) is 2. The highest BCUT2D eigenvalue weighted by molar-refractivity contribution is 7.89. The fourth-order valence-electron chi connectivity index (χ4n) is 2.05. The van der Waals surface area contributed by atoms with Gasteiger partial charge in [-0.2, -0.15) is 4.31 Å². The maximum absolute atomic E-state index is 12.6. The van der Waals surface area contributed by atoms with Crippen molar-refractivity contribution in [3.8, 4) is 0 Å². The molecule has 0 bridgehead atoms. The van der Waals surface area contributed by atoms with Gasteiger partial charge in [0.25, 0.3) is 0 Å². The Kier molecular flexibility index (Phi) is 3.54. The van der Waals surface area contributed by atoms with Crippen LogP contribution in [0, 0.1) is 6.92 Å². The second-order valence-corrected chi connectivity index (χ2v) is 6.47. The average molecular weight is 253 g/mol. The lowest BCUT2D eigenvalue weighted by atomic mass is 10.2. The van der Waals surface area contributed by atoms with Crippen LogP contribution in [0.5, 0.6) is 0 Å². The predicted octanol–water partition coefficient (Wildman–Crippen LogP) is 2.56. The third-order valence-electron chi connectivity index (χ3n) is 3.08. The fraction of sp³-hybridized carbons (Fsp3) is 0.538. The van der Waals surface area contributed by atoms with Gasteiger partial charge < -0.3 is 0 Å². The van der Waals surface area contributed by atoms with E-state index in [0.717, 1.165) is 24.8 Å². The Hall–Kier alpha value is -0.870. The Balaban J connectivity index is 2.37. The minimum absolute atomic E-state index is 0.236. The van der Waals surface area contributed by atoms with Crippen molar-refractivity contribution in [1.29, 1.82) is 0 Å². The smallest absolute Gasteiger partial charge is 0.207 e. The minimum Gasteiger partial charge on any atom is -0.207 e. The standard InChI is InChI=1S/C13H19NO2S/c1-3-10-14(12-8-9-12)17(15,16)13-7-5-4-6-11(13)2/h4-7,12H,3,8-10H2,1-2H3. The second kappa shape index (κ2) is 4.78. The number of aryl methyl sites for hydroxylation is 1. The molecule has 0 unspecified atom stereocenters. The van der Waals surface area contributed by atoms with Crippen LogP contribution in [0.3, 0.4) is 0 Å². The van der Waals surface area contributed by atoms with E-state index in [1.54, 1.807) is 16.4 Å². The van der Waals surface area contributed by atoms with E-state index < -0.39 is 10.0 Å². The molecule has 1 fully saturated rings. The highest BCUT2D eigenvalue weighted by Gasteiger charge is 2.37. The molecule has 1 saturated carbocycles. The molecular formula is C13H19NO2S. The van der Waals surface area contributed by atoms with Gasteiger partial charge in [0.05, 0.1) is 4.90 Å². The zero-order valence-corrected chi connectivity index (χ0v) is 11.2. The normalized spacial score (nSPS) is 16.4. The summed E-state index contributed by atoms with van der Waals surface area (Å²) in [7, 11) is -3.30. The van der Waals surface area contributed by atoms with Crippen LogP contribution < -0.4 is 0 Å². The Morgan fingerprint density at radius 2 is 1.94 bits per heavy atom. The number of nitrogens with zero attached hydrogens (tertiary/aromatic N) is 1. The van der Waals surface area contributed by atoms with Crippen molar-refractivity contribution in [3.63, 3.8) is 0 Å². The summed E-state index contributed by atoms with van der Waals surface area (Å²) in [6.07, 6.45) is 2.87. The average Bonchev–Trinajstić information content (AvgIpc) is 3.10. The number of benzene rings is 1. The third kappa shape index (κ3) is 2.53. The first kappa shape index (κ1) is 12.6. The Morgan fingerprint density at radius 1 is 1.29 bits per heavy atom. The first-order valence-electron chi connectivity index (χ1n) is 6.15. The molecule has 4 heteroatoms. The maximum atomic E-state index is 12.6. The molecule has 0 radical (unpaired) electrons. The first-order valence-corrected chi connectivity index (χ1v) is 7.59. The summed E-state index contributed by atoms with van der Waals surface area (Å²) in [5, 5.41) is 0. The van der Waals surface area contributed by atoms with E-state index in [1.165, 1.54) is 0 Å². The third-order valence-corrected chi connectivity index (χ3v) is 5.19. The number of hydrogen-bond donors (Lipinski definition) is 0. The highest BCUT2D eigenvalue weighted by atomic mass is 32.2. The number of sulfonamides is 1. The molecule has 0 atom stereocenters. The number of rotatable bonds is 5. The molecule has 1 aromatic carbocycles. The van der Waals surface area contributed by atoms with E-state index in [0.29, 0.717) is 11.4 Å². The summed E-state index contributed by atoms with van der Waals surface area (Å²) in [5.74, 6) is 0. The molecule has 1 aromatic rings.